The fourth-order valence-corrected chi connectivity index (χ4v) is 1.27. The second-order valence-electron chi connectivity index (χ2n) is 2.87. The van der Waals surface area contributed by atoms with Crippen molar-refractivity contribution in [1.29, 1.82) is 0 Å². The van der Waals surface area contributed by atoms with E-state index in [1.807, 2.05) is 6.07 Å². The van der Waals surface area contributed by atoms with Crippen LogP contribution in [0.25, 0.3) is 0 Å². The molecular weight excluding hydrogens is 174 g/mol. The minimum atomic E-state index is -3.11. The highest BCUT2D eigenvalue weighted by molar-refractivity contribution is 5.23. The third kappa shape index (κ3) is 1.75. The fourth-order valence-electron chi connectivity index (χ4n) is 1.27. The molecule has 1 atom stereocenters. The summed E-state index contributed by atoms with van der Waals surface area (Å²) in [5.41, 5.74) is 0.746. The van der Waals surface area contributed by atoms with Crippen LogP contribution in [0.2, 0.25) is 0 Å². The van der Waals surface area contributed by atoms with Gasteiger partial charge >= 0.3 is 6.11 Å². The first-order valence-electron chi connectivity index (χ1n) is 3.97. The zero-order valence-electron chi connectivity index (χ0n) is 6.78. The van der Waals surface area contributed by atoms with E-state index in [0.717, 1.165) is 11.6 Å². The number of halogens is 2. The SMILES string of the molecule is FC1(F)C=CC(c2ccccc2)O1. The van der Waals surface area contributed by atoms with Gasteiger partial charge in [0.15, 0.2) is 0 Å². The zero-order valence-corrected chi connectivity index (χ0v) is 6.78. The largest absolute Gasteiger partial charge is 0.377 e. The van der Waals surface area contributed by atoms with Crippen molar-refractivity contribution in [2.45, 2.75) is 12.2 Å². The van der Waals surface area contributed by atoms with Crippen LogP contribution in [0.3, 0.4) is 0 Å². The van der Waals surface area contributed by atoms with E-state index < -0.39 is 12.2 Å². The number of ether oxygens (including phenoxy) is 1. The number of rotatable bonds is 1. The maximum Gasteiger partial charge on any atom is 0.377 e. The summed E-state index contributed by atoms with van der Waals surface area (Å²) < 4.78 is 29.6. The van der Waals surface area contributed by atoms with Crippen LogP contribution in [0.5, 0.6) is 0 Å². The predicted octanol–water partition coefficient (Wildman–Crippen LogP) is 2.91. The van der Waals surface area contributed by atoms with E-state index in [1.54, 1.807) is 24.3 Å². The lowest BCUT2D eigenvalue weighted by molar-refractivity contribution is -0.205. The van der Waals surface area contributed by atoms with E-state index in [0.29, 0.717) is 0 Å². The quantitative estimate of drug-likeness (QED) is 0.607. The summed E-state index contributed by atoms with van der Waals surface area (Å²) in [6, 6.07) is 8.94. The van der Waals surface area contributed by atoms with E-state index in [1.165, 1.54) is 6.08 Å². The van der Waals surface area contributed by atoms with Crippen LogP contribution >= 0.6 is 0 Å². The van der Waals surface area contributed by atoms with Gasteiger partial charge in [-0.2, -0.15) is 8.78 Å². The lowest BCUT2D eigenvalue weighted by atomic mass is 10.1. The highest BCUT2D eigenvalue weighted by atomic mass is 19.3. The first-order chi connectivity index (χ1) is 6.17. The molecule has 1 aromatic carbocycles. The van der Waals surface area contributed by atoms with Crippen LogP contribution in [0.4, 0.5) is 8.78 Å². The van der Waals surface area contributed by atoms with Crippen LogP contribution in [-0.4, -0.2) is 6.11 Å². The van der Waals surface area contributed by atoms with Crippen LogP contribution in [0.1, 0.15) is 11.7 Å². The summed E-state index contributed by atoms with van der Waals surface area (Å²) in [4.78, 5) is 0. The third-order valence-electron chi connectivity index (χ3n) is 1.88. The Morgan fingerprint density at radius 3 is 2.38 bits per heavy atom. The van der Waals surface area contributed by atoms with Gasteiger partial charge in [-0.15, -0.1) is 0 Å². The molecule has 1 unspecified atom stereocenters. The molecule has 0 fully saturated rings. The van der Waals surface area contributed by atoms with Gasteiger partial charge in [0.25, 0.3) is 0 Å². The molecule has 0 saturated carbocycles. The summed E-state index contributed by atoms with van der Waals surface area (Å²) in [6.45, 7) is 0. The van der Waals surface area contributed by atoms with Crippen molar-refractivity contribution in [2.75, 3.05) is 0 Å². The average molecular weight is 182 g/mol. The van der Waals surface area contributed by atoms with Crippen LogP contribution in [0, 0.1) is 0 Å². The molecule has 13 heavy (non-hydrogen) atoms. The van der Waals surface area contributed by atoms with Crippen molar-refractivity contribution in [2.24, 2.45) is 0 Å². The van der Waals surface area contributed by atoms with Crippen molar-refractivity contribution < 1.29 is 13.5 Å². The van der Waals surface area contributed by atoms with Gasteiger partial charge < -0.3 is 4.74 Å². The number of benzene rings is 1. The molecule has 1 aromatic rings. The van der Waals surface area contributed by atoms with Crippen molar-refractivity contribution in [1.82, 2.24) is 0 Å². The fraction of sp³-hybridized carbons (Fsp3) is 0.200. The van der Waals surface area contributed by atoms with Crippen molar-refractivity contribution >= 4 is 0 Å². The molecule has 0 spiro atoms. The minimum absolute atomic E-state index is 0.615. The highest BCUT2D eigenvalue weighted by Gasteiger charge is 2.35. The second kappa shape index (κ2) is 2.92. The molecule has 0 saturated heterocycles. The van der Waals surface area contributed by atoms with Crippen LogP contribution in [-0.2, 0) is 4.74 Å². The number of hydrogen-bond donors (Lipinski definition) is 0. The molecule has 2 rings (SSSR count). The maximum atomic E-state index is 12.6. The molecule has 1 nitrogen and oxygen atoms in total. The molecule has 0 amide bonds. The molecule has 0 aromatic heterocycles. The maximum absolute atomic E-state index is 12.6. The third-order valence-corrected chi connectivity index (χ3v) is 1.88. The van der Waals surface area contributed by atoms with Crippen molar-refractivity contribution in [3.63, 3.8) is 0 Å². The van der Waals surface area contributed by atoms with Gasteiger partial charge in [0, 0.05) is 6.08 Å². The molecular formula is C10H8F2O. The summed E-state index contributed by atoms with van der Waals surface area (Å²) in [6.07, 6.45) is -1.57. The van der Waals surface area contributed by atoms with E-state index in [4.69, 9.17) is 0 Å². The molecule has 1 aliphatic heterocycles. The standard InChI is InChI=1S/C10H8F2O/c11-10(12)7-6-9(13-10)8-4-2-1-3-5-8/h1-7,9H. The predicted molar refractivity (Wildman–Crippen MR) is 44.4 cm³/mol. The average Bonchev–Trinajstić information content (AvgIpc) is 2.48. The Balaban J connectivity index is 2.19. The van der Waals surface area contributed by atoms with Crippen LogP contribution in [0.15, 0.2) is 42.5 Å². The topological polar surface area (TPSA) is 9.23 Å². The molecule has 0 radical (unpaired) electrons. The molecule has 3 heteroatoms. The Morgan fingerprint density at radius 2 is 1.85 bits per heavy atom. The lowest BCUT2D eigenvalue weighted by Crippen LogP contribution is -2.13. The Kier molecular flexibility index (Phi) is 1.88. The van der Waals surface area contributed by atoms with Gasteiger partial charge in [0.05, 0.1) is 0 Å². The molecule has 68 valence electrons. The Hall–Kier alpha value is -1.22. The number of alkyl halides is 2. The first-order valence-corrected chi connectivity index (χ1v) is 3.97. The molecule has 0 aliphatic carbocycles. The number of hydrogen-bond acceptors (Lipinski definition) is 1. The monoisotopic (exact) mass is 182 g/mol. The van der Waals surface area contributed by atoms with Gasteiger partial charge in [-0.25, -0.2) is 0 Å². The van der Waals surface area contributed by atoms with Crippen molar-refractivity contribution in [3.05, 3.63) is 48.0 Å². The van der Waals surface area contributed by atoms with E-state index >= 15 is 0 Å². The van der Waals surface area contributed by atoms with Crippen LogP contribution < -0.4 is 0 Å². The molecule has 0 N–H and O–H groups in total. The molecule has 1 heterocycles. The van der Waals surface area contributed by atoms with Gasteiger partial charge in [-0.05, 0) is 11.6 Å². The molecule has 1 aliphatic rings. The van der Waals surface area contributed by atoms with Gasteiger partial charge in [-0.3, -0.25) is 0 Å². The second-order valence-corrected chi connectivity index (χ2v) is 2.87. The Morgan fingerprint density at radius 1 is 1.15 bits per heavy atom. The lowest BCUT2D eigenvalue weighted by Gasteiger charge is -2.12. The smallest absolute Gasteiger partial charge is 0.305 e. The Labute approximate surface area is 74.6 Å². The van der Waals surface area contributed by atoms with E-state index in [2.05, 4.69) is 4.74 Å². The summed E-state index contributed by atoms with van der Waals surface area (Å²) in [5, 5.41) is 0. The van der Waals surface area contributed by atoms with Gasteiger partial charge in [-0.1, -0.05) is 30.3 Å². The highest BCUT2D eigenvalue weighted by Crippen LogP contribution is 2.34. The summed E-state index contributed by atoms with van der Waals surface area (Å²) in [5.74, 6) is 0. The first kappa shape index (κ1) is 8.38. The summed E-state index contributed by atoms with van der Waals surface area (Å²) >= 11 is 0. The normalized spacial score (nSPS) is 24.9. The van der Waals surface area contributed by atoms with Gasteiger partial charge in [0.1, 0.15) is 6.10 Å². The van der Waals surface area contributed by atoms with Crippen molar-refractivity contribution in [3.8, 4) is 0 Å². The summed E-state index contributed by atoms with van der Waals surface area (Å²) in [7, 11) is 0. The zero-order chi connectivity index (χ0) is 9.31. The van der Waals surface area contributed by atoms with E-state index in [-0.39, 0.29) is 0 Å². The van der Waals surface area contributed by atoms with E-state index in [9.17, 15) is 8.78 Å². The minimum Gasteiger partial charge on any atom is -0.305 e. The Bertz CT molecular complexity index is 319. The van der Waals surface area contributed by atoms with Gasteiger partial charge in [0.2, 0.25) is 0 Å². The molecule has 0 bridgehead atoms.